The van der Waals surface area contributed by atoms with Gasteiger partial charge < -0.3 is 15.5 Å². The third-order valence-corrected chi connectivity index (χ3v) is 3.49. The second kappa shape index (κ2) is 6.07. The molecule has 4 nitrogen and oxygen atoms in total. The number of nitrogens with one attached hydrogen (secondary N) is 2. The van der Waals surface area contributed by atoms with Gasteiger partial charge in [0.15, 0.2) is 0 Å². The minimum atomic E-state index is 0.0298. The molecule has 1 aliphatic rings. The van der Waals surface area contributed by atoms with Gasteiger partial charge >= 0.3 is 6.03 Å². The van der Waals surface area contributed by atoms with E-state index in [4.69, 9.17) is 11.6 Å². The Labute approximate surface area is 112 Å². The number of nitrogens with zero attached hydrogens (tertiary/aromatic N) is 1. The lowest BCUT2D eigenvalue weighted by molar-refractivity contribution is 0.217. The number of rotatable bonds is 5. The molecule has 1 heterocycles. The molecule has 18 heavy (non-hydrogen) atoms. The molecule has 2 rings (SSSR count). The van der Waals surface area contributed by atoms with Crippen LogP contribution < -0.4 is 10.6 Å². The summed E-state index contributed by atoms with van der Waals surface area (Å²) in [5.74, 6) is 0. The highest BCUT2D eigenvalue weighted by Crippen LogP contribution is 2.21. The van der Waals surface area contributed by atoms with Crippen LogP contribution in [-0.2, 0) is 0 Å². The van der Waals surface area contributed by atoms with Crippen molar-refractivity contribution < 1.29 is 4.79 Å². The maximum atomic E-state index is 11.3. The minimum Gasteiger partial charge on any atom is -0.336 e. The first kappa shape index (κ1) is 13.2. The molecule has 0 aliphatic carbocycles. The fraction of sp³-hybridized carbons (Fsp3) is 0.462. The van der Waals surface area contributed by atoms with Crippen LogP contribution >= 0.6 is 11.6 Å². The highest BCUT2D eigenvalue weighted by Gasteiger charge is 2.18. The van der Waals surface area contributed by atoms with E-state index in [0.29, 0.717) is 0 Å². The number of halogens is 1. The van der Waals surface area contributed by atoms with Crippen LogP contribution in [0.15, 0.2) is 24.3 Å². The molecule has 1 aromatic carbocycles. The van der Waals surface area contributed by atoms with Gasteiger partial charge in [0.25, 0.3) is 0 Å². The second-order valence-corrected chi connectivity index (χ2v) is 4.82. The second-order valence-electron chi connectivity index (χ2n) is 4.42. The van der Waals surface area contributed by atoms with Gasteiger partial charge in [-0.15, -0.1) is 0 Å². The van der Waals surface area contributed by atoms with E-state index in [0.717, 1.165) is 36.8 Å². The summed E-state index contributed by atoms with van der Waals surface area (Å²) in [6.45, 7) is 5.10. The molecule has 0 saturated carbocycles. The highest BCUT2D eigenvalue weighted by atomic mass is 35.5. The van der Waals surface area contributed by atoms with Crippen LogP contribution in [0, 0.1) is 0 Å². The fourth-order valence-corrected chi connectivity index (χ4v) is 2.38. The van der Waals surface area contributed by atoms with Crippen LogP contribution in [0.3, 0.4) is 0 Å². The molecule has 1 aromatic rings. The molecule has 2 amide bonds. The average molecular weight is 268 g/mol. The standard InChI is InChI=1S/C13H18ClN3O/c1-10(11-4-2-3-5-12(11)14)15-6-8-17-9-7-16-13(17)18/h2-5,10,15H,6-9H2,1H3,(H,16,18)/t10-/m0/s1. The van der Waals surface area contributed by atoms with E-state index >= 15 is 0 Å². The number of hydrogen-bond acceptors (Lipinski definition) is 2. The van der Waals surface area contributed by atoms with Crippen LogP contribution in [0.2, 0.25) is 5.02 Å². The lowest BCUT2D eigenvalue weighted by Crippen LogP contribution is -2.35. The molecule has 1 atom stereocenters. The van der Waals surface area contributed by atoms with Gasteiger partial charge in [-0.1, -0.05) is 29.8 Å². The molecule has 0 radical (unpaired) electrons. The molecular formula is C13H18ClN3O. The van der Waals surface area contributed by atoms with E-state index in [1.54, 1.807) is 0 Å². The number of amides is 2. The predicted molar refractivity (Wildman–Crippen MR) is 72.8 cm³/mol. The van der Waals surface area contributed by atoms with Crippen molar-refractivity contribution in [2.24, 2.45) is 0 Å². The van der Waals surface area contributed by atoms with Crippen LogP contribution in [0.4, 0.5) is 4.79 Å². The molecular weight excluding hydrogens is 250 g/mol. The Bertz CT molecular complexity index is 424. The summed E-state index contributed by atoms with van der Waals surface area (Å²) in [6, 6.07) is 8.03. The minimum absolute atomic E-state index is 0.0298. The number of hydrogen-bond donors (Lipinski definition) is 2. The largest absolute Gasteiger partial charge is 0.336 e. The highest BCUT2D eigenvalue weighted by molar-refractivity contribution is 6.31. The zero-order chi connectivity index (χ0) is 13.0. The third-order valence-electron chi connectivity index (χ3n) is 3.15. The molecule has 0 spiro atoms. The summed E-state index contributed by atoms with van der Waals surface area (Å²) in [6.07, 6.45) is 0. The Morgan fingerprint density at radius 2 is 2.28 bits per heavy atom. The SMILES string of the molecule is C[C@H](NCCN1CCNC1=O)c1ccccc1Cl. The maximum absolute atomic E-state index is 11.3. The summed E-state index contributed by atoms with van der Waals surface area (Å²) in [7, 11) is 0. The van der Waals surface area contributed by atoms with Crippen molar-refractivity contribution in [1.29, 1.82) is 0 Å². The number of benzene rings is 1. The maximum Gasteiger partial charge on any atom is 0.317 e. The van der Waals surface area contributed by atoms with Crippen molar-refractivity contribution in [3.63, 3.8) is 0 Å². The third kappa shape index (κ3) is 3.15. The number of carbonyl (C=O) groups is 1. The van der Waals surface area contributed by atoms with Crippen LogP contribution in [0.5, 0.6) is 0 Å². The van der Waals surface area contributed by atoms with Gasteiger partial charge in [-0.3, -0.25) is 0 Å². The molecule has 0 bridgehead atoms. The summed E-state index contributed by atoms with van der Waals surface area (Å²) in [4.78, 5) is 13.2. The summed E-state index contributed by atoms with van der Waals surface area (Å²) < 4.78 is 0. The quantitative estimate of drug-likeness (QED) is 0.857. The van der Waals surface area contributed by atoms with Gasteiger partial charge in [-0.25, -0.2) is 4.79 Å². The molecule has 5 heteroatoms. The van der Waals surface area contributed by atoms with Gasteiger partial charge in [0.05, 0.1) is 0 Å². The van der Waals surface area contributed by atoms with E-state index < -0.39 is 0 Å². The lowest BCUT2D eigenvalue weighted by Gasteiger charge is -2.19. The van der Waals surface area contributed by atoms with E-state index in [9.17, 15) is 4.79 Å². The predicted octanol–water partition coefficient (Wildman–Crippen LogP) is 2.02. The molecule has 0 aromatic heterocycles. The first-order valence-corrected chi connectivity index (χ1v) is 6.57. The molecule has 1 fully saturated rings. The molecule has 1 aliphatic heterocycles. The Hall–Kier alpha value is -1.26. The van der Waals surface area contributed by atoms with Crippen molar-refractivity contribution >= 4 is 17.6 Å². The van der Waals surface area contributed by atoms with Crippen LogP contribution in [-0.4, -0.2) is 37.1 Å². The van der Waals surface area contributed by atoms with Crippen molar-refractivity contribution in [1.82, 2.24) is 15.5 Å². The average Bonchev–Trinajstić information content (AvgIpc) is 2.75. The Morgan fingerprint density at radius 3 is 2.94 bits per heavy atom. The number of carbonyl (C=O) groups excluding carboxylic acids is 1. The van der Waals surface area contributed by atoms with Crippen molar-refractivity contribution in [3.05, 3.63) is 34.9 Å². The summed E-state index contributed by atoms with van der Waals surface area (Å²) in [5.41, 5.74) is 1.09. The smallest absolute Gasteiger partial charge is 0.317 e. The van der Waals surface area contributed by atoms with Crippen molar-refractivity contribution in [2.45, 2.75) is 13.0 Å². The molecule has 2 N–H and O–H groups in total. The topological polar surface area (TPSA) is 44.4 Å². The Balaban J connectivity index is 1.80. The molecule has 0 unspecified atom stereocenters. The monoisotopic (exact) mass is 267 g/mol. The van der Waals surface area contributed by atoms with Crippen molar-refractivity contribution in [3.8, 4) is 0 Å². The zero-order valence-corrected chi connectivity index (χ0v) is 11.2. The van der Waals surface area contributed by atoms with E-state index in [-0.39, 0.29) is 12.1 Å². The van der Waals surface area contributed by atoms with Gasteiger partial charge in [0.2, 0.25) is 0 Å². The zero-order valence-electron chi connectivity index (χ0n) is 10.4. The van der Waals surface area contributed by atoms with Crippen LogP contribution in [0.1, 0.15) is 18.5 Å². The summed E-state index contributed by atoms with van der Waals surface area (Å²) in [5, 5.41) is 6.94. The van der Waals surface area contributed by atoms with Gasteiger partial charge in [-0.05, 0) is 18.6 Å². The van der Waals surface area contributed by atoms with Crippen LogP contribution in [0.25, 0.3) is 0 Å². The van der Waals surface area contributed by atoms with Gasteiger partial charge in [0.1, 0.15) is 0 Å². The first-order valence-electron chi connectivity index (χ1n) is 6.19. The fourth-order valence-electron chi connectivity index (χ4n) is 2.08. The van der Waals surface area contributed by atoms with E-state index in [2.05, 4.69) is 17.6 Å². The Kier molecular flexibility index (Phi) is 4.44. The molecule has 1 saturated heterocycles. The normalized spacial score (nSPS) is 16.8. The van der Waals surface area contributed by atoms with Gasteiger partial charge in [0, 0.05) is 37.2 Å². The summed E-state index contributed by atoms with van der Waals surface area (Å²) >= 11 is 6.13. The van der Waals surface area contributed by atoms with Gasteiger partial charge in [-0.2, -0.15) is 0 Å². The molecule has 98 valence electrons. The van der Waals surface area contributed by atoms with E-state index in [1.807, 2.05) is 29.2 Å². The first-order chi connectivity index (χ1) is 8.68. The lowest BCUT2D eigenvalue weighted by atomic mass is 10.1. The number of urea groups is 1. The van der Waals surface area contributed by atoms with E-state index in [1.165, 1.54) is 0 Å². The Morgan fingerprint density at radius 1 is 1.50 bits per heavy atom. The van der Waals surface area contributed by atoms with Crippen molar-refractivity contribution in [2.75, 3.05) is 26.2 Å².